The fourth-order valence-corrected chi connectivity index (χ4v) is 3.66. The van der Waals surface area contributed by atoms with Gasteiger partial charge in [-0.15, -0.1) is 12.4 Å². The summed E-state index contributed by atoms with van der Waals surface area (Å²) < 4.78 is 10.7. The van der Waals surface area contributed by atoms with Crippen molar-refractivity contribution in [1.82, 2.24) is 20.8 Å². The summed E-state index contributed by atoms with van der Waals surface area (Å²) in [6.07, 6.45) is 2.54. The normalized spacial score (nSPS) is 15.8. The van der Waals surface area contributed by atoms with Crippen LogP contribution in [-0.2, 0) is 13.0 Å². The van der Waals surface area contributed by atoms with Crippen LogP contribution in [0.5, 0.6) is 0 Å². The Morgan fingerprint density at radius 2 is 2.10 bits per heavy atom. The molecule has 9 heteroatoms. The number of benzene rings is 1. The van der Waals surface area contributed by atoms with Gasteiger partial charge < -0.3 is 19.6 Å². The van der Waals surface area contributed by atoms with Crippen molar-refractivity contribution < 1.29 is 13.7 Å². The Hall–Kier alpha value is -2.97. The lowest BCUT2D eigenvalue weighted by molar-refractivity contribution is 0.0941. The second-order valence-electron chi connectivity index (χ2n) is 7.49. The number of nitrogens with one attached hydrogen (secondary N) is 2. The van der Waals surface area contributed by atoms with E-state index in [0.29, 0.717) is 23.6 Å². The number of amides is 1. The van der Waals surface area contributed by atoms with Crippen LogP contribution in [0.2, 0.25) is 0 Å². The van der Waals surface area contributed by atoms with Crippen LogP contribution in [0.25, 0.3) is 0 Å². The van der Waals surface area contributed by atoms with Crippen molar-refractivity contribution in [3.63, 3.8) is 0 Å². The molecule has 2 aromatic heterocycles. The van der Waals surface area contributed by atoms with Crippen molar-refractivity contribution in [1.29, 1.82) is 0 Å². The largest absolute Gasteiger partial charge is 0.427 e. The number of hydrogen-bond donors (Lipinski definition) is 2. The summed E-state index contributed by atoms with van der Waals surface area (Å²) in [6.45, 7) is 3.53. The molecule has 1 amide bonds. The first-order valence-electron chi connectivity index (χ1n) is 10.1. The van der Waals surface area contributed by atoms with Gasteiger partial charge in [0.25, 0.3) is 5.91 Å². The highest BCUT2D eigenvalue weighted by molar-refractivity contribution is 5.95. The first-order valence-corrected chi connectivity index (χ1v) is 10.1. The second kappa shape index (κ2) is 10.4. The Kier molecular flexibility index (Phi) is 7.59. The quantitative estimate of drug-likeness (QED) is 0.601. The van der Waals surface area contributed by atoms with Crippen molar-refractivity contribution in [2.75, 3.05) is 13.1 Å². The fraction of sp³-hybridized carbons (Fsp3) is 0.364. The number of carbonyl (C=O) groups excluding carboxylic acids is 1. The van der Waals surface area contributed by atoms with E-state index in [1.54, 1.807) is 13.0 Å². The zero-order valence-corrected chi connectivity index (χ0v) is 18.0. The third-order valence-electron chi connectivity index (χ3n) is 5.21. The van der Waals surface area contributed by atoms with Crippen LogP contribution >= 0.6 is 12.4 Å². The van der Waals surface area contributed by atoms with E-state index in [4.69, 9.17) is 8.94 Å². The predicted molar refractivity (Wildman–Crippen MR) is 117 cm³/mol. The van der Waals surface area contributed by atoms with E-state index in [0.717, 1.165) is 31.5 Å². The van der Waals surface area contributed by atoms with Crippen LogP contribution in [0.3, 0.4) is 0 Å². The minimum absolute atomic E-state index is 0. The molecule has 164 valence electrons. The minimum Gasteiger partial charge on any atom is -0.427 e. The van der Waals surface area contributed by atoms with Crippen molar-refractivity contribution in [3.05, 3.63) is 81.0 Å². The average Bonchev–Trinajstić information content (AvgIpc) is 3.20. The van der Waals surface area contributed by atoms with Gasteiger partial charge in [0.1, 0.15) is 11.3 Å². The topological polar surface area (TPSA) is 110 Å². The molecule has 31 heavy (non-hydrogen) atoms. The molecule has 1 aliphatic rings. The van der Waals surface area contributed by atoms with Crippen LogP contribution in [0.15, 0.2) is 50.1 Å². The maximum Gasteiger partial charge on any atom is 0.349 e. The molecule has 0 saturated carbocycles. The first-order chi connectivity index (χ1) is 14.6. The molecule has 1 aliphatic heterocycles. The highest BCUT2D eigenvalue weighted by Gasteiger charge is 2.22. The number of carbonyl (C=O) groups is 1. The van der Waals surface area contributed by atoms with E-state index < -0.39 is 11.5 Å². The van der Waals surface area contributed by atoms with Crippen molar-refractivity contribution in [3.8, 4) is 0 Å². The molecule has 0 radical (unpaired) electrons. The molecule has 1 atom stereocenters. The molecular weight excluding hydrogens is 420 g/mol. The Bertz CT molecular complexity index is 1070. The minimum atomic E-state index is -0.622. The van der Waals surface area contributed by atoms with Gasteiger partial charge in [-0.3, -0.25) is 4.79 Å². The molecule has 1 saturated heterocycles. The second-order valence-corrected chi connectivity index (χ2v) is 7.49. The standard InChI is InChI=1S/C22H24N4O4.ClH/c1-14-10-17(16-8-5-9-23-12-16)29-22(28)20(14)21(27)24-13-19-25-18(26-30-19)11-15-6-3-2-4-7-15;/h2-4,6-7,10,16,23H,5,8-9,11-13H2,1H3,(H,24,27);1H. The maximum absolute atomic E-state index is 12.6. The van der Waals surface area contributed by atoms with Gasteiger partial charge in [0.05, 0.1) is 6.54 Å². The number of rotatable bonds is 6. The number of piperidine rings is 1. The van der Waals surface area contributed by atoms with Gasteiger partial charge >= 0.3 is 5.63 Å². The maximum atomic E-state index is 12.6. The average molecular weight is 445 g/mol. The monoisotopic (exact) mass is 444 g/mol. The van der Waals surface area contributed by atoms with E-state index in [-0.39, 0.29) is 36.3 Å². The summed E-state index contributed by atoms with van der Waals surface area (Å²) in [4.78, 5) is 29.3. The van der Waals surface area contributed by atoms with Crippen LogP contribution in [0, 0.1) is 6.92 Å². The summed E-state index contributed by atoms with van der Waals surface area (Å²) in [5.41, 5.74) is 1.05. The smallest absolute Gasteiger partial charge is 0.349 e. The number of halogens is 1. The van der Waals surface area contributed by atoms with E-state index in [1.165, 1.54) is 0 Å². The van der Waals surface area contributed by atoms with Gasteiger partial charge in [-0.05, 0) is 43.5 Å². The molecule has 1 aromatic carbocycles. The number of nitrogens with zero attached hydrogens (tertiary/aromatic N) is 2. The summed E-state index contributed by atoms with van der Waals surface area (Å²) in [5, 5.41) is 9.90. The van der Waals surface area contributed by atoms with Crippen molar-refractivity contribution in [2.45, 2.75) is 38.6 Å². The Labute approximate surface area is 185 Å². The lowest BCUT2D eigenvalue weighted by atomic mass is 9.95. The van der Waals surface area contributed by atoms with Gasteiger partial charge in [0, 0.05) is 18.9 Å². The predicted octanol–water partition coefficient (Wildman–Crippen LogP) is 2.74. The van der Waals surface area contributed by atoms with Gasteiger partial charge in [0.2, 0.25) is 5.89 Å². The van der Waals surface area contributed by atoms with E-state index >= 15 is 0 Å². The van der Waals surface area contributed by atoms with E-state index in [1.807, 2.05) is 30.3 Å². The summed E-state index contributed by atoms with van der Waals surface area (Å²) in [6, 6.07) is 11.6. The molecule has 1 unspecified atom stereocenters. The van der Waals surface area contributed by atoms with Crippen molar-refractivity contribution >= 4 is 18.3 Å². The third-order valence-corrected chi connectivity index (χ3v) is 5.21. The molecule has 3 heterocycles. The lowest BCUT2D eigenvalue weighted by Gasteiger charge is -2.22. The third kappa shape index (κ3) is 5.59. The molecule has 4 rings (SSSR count). The Balaban J connectivity index is 0.00000272. The molecule has 2 N–H and O–H groups in total. The van der Waals surface area contributed by atoms with Gasteiger partial charge in [0.15, 0.2) is 5.82 Å². The molecule has 0 spiro atoms. The highest BCUT2D eigenvalue weighted by atomic mass is 35.5. The molecule has 0 aliphatic carbocycles. The Morgan fingerprint density at radius 1 is 1.29 bits per heavy atom. The van der Waals surface area contributed by atoms with Crippen LogP contribution in [0.1, 0.15) is 57.7 Å². The molecule has 0 bridgehead atoms. The molecule has 1 fully saturated rings. The fourth-order valence-electron chi connectivity index (χ4n) is 3.66. The Morgan fingerprint density at radius 3 is 2.81 bits per heavy atom. The van der Waals surface area contributed by atoms with Crippen LogP contribution in [-0.4, -0.2) is 29.1 Å². The molecule has 8 nitrogen and oxygen atoms in total. The zero-order chi connectivity index (χ0) is 20.9. The van der Waals surface area contributed by atoms with Crippen molar-refractivity contribution in [2.24, 2.45) is 0 Å². The van der Waals surface area contributed by atoms with E-state index in [9.17, 15) is 9.59 Å². The lowest BCUT2D eigenvalue weighted by Crippen LogP contribution is -2.31. The number of aryl methyl sites for hydroxylation is 1. The highest BCUT2D eigenvalue weighted by Crippen LogP contribution is 2.23. The van der Waals surface area contributed by atoms with Crippen LogP contribution < -0.4 is 16.3 Å². The van der Waals surface area contributed by atoms with Gasteiger partial charge in [-0.1, -0.05) is 35.5 Å². The van der Waals surface area contributed by atoms with E-state index in [2.05, 4.69) is 20.8 Å². The zero-order valence-electron chi connectivity index (χ0n) is 17.2. The van der Waals surface area contributed by atoms with Gasteiger partial charge in [-0.2, -0.15) is 4.98 Å². The van der Waals surface area contributed by atoms with Crippen LogP contribution in [0.4, 0.5) is 0 Å². The molecule has 3 aromatic rings. The summed E-state index contributed by atoms with van der Waals surface area (Å²) >= 11 is 0. The molecular formula is C22H25ClN4O4. The SMILES string of the molecule is Cc1cc(C2CCCNC2)oc(=O)c1C(=O)NCc1nc(Cc2ccccc2)no1.Cl. The summed E-state index contributed by atoms with van der Waals surface area (Å²) in [7, 11) is 0. The number of hydrogen-bond acceptors (Lipinski definition) is 7. The van der Waals surface area contributed by atoms with Gasteiger partial charge in [-0.25, -0.2) is 4.79 Å². The first kappa shape index (κ1) is 22.7. The summed E-state index contributed by atoms with van der Waals surface area (Å²) in [5.74, 6) is 1.08. The number of aromatic nitrogens is 2.